The summed E-state index contributed by atoms with van der Waals surface area (Å²) in [6.45, 7) is 0. The van der Waals surface area contributed by atoms with Gasteiger partial charge in [0.25, 0.3) is 0 Å². The minimum absolute atomic E-state index is 0.129. The van der Waals surface area contributed by atoms with E-state index in [1.165, 1.54) is 31.4 Å². The van der Waals surface area contributed by atoms with Gasteiger partial charge < -0.3 is 19.3 Å². The molecule has 188 valence electrons. The van der Waals surface area contributed by atoms with E-state index in [9.17, 15) is 14.0 Å². The van der Waals surface area contributed by atoms with Gasteiger partial charge in [-0.3, -0.25) is 4.79 Å². The van der Waals surface area contributed by atoms with E-state index in [2.05, 4.69) is 0 Å². The number of ketones is 1. The molecule has 3 aromatic carbocycles. The third-order valence-electron chi connectivity index (χ3n) is 6.34. The molecule has 0 radical (unpaired) electrons. The smallest absolute Gasteiger partial charge is 0.333 e. The van der Waals surface area contributed by atoms with Crippen molar-refractivity contribution in [2.24, 2.45) is 0 Å². The van der Waals surface area contributed by atoms with Crippen molar-refractivity contribution in [1.82, 2.24) is 0 Å². The molecule has 6 nitrogen and oxygen atoms in total. The van der Waals surface area contributed by atoms with Gasteiger partial charge in [0.15, 0.2) is 11.9 Å². The van der Waals surface area contributed by atoms with Crippen LogP contribution in [-0.4, -0.2) is 42.3 Å². The molecule has 0 bridgehead atoms. The lowest BCUT2D eigenvalue weighted by Gasteiger charge is -2.32. The molecule has 0 spiro atoms. The summed E-state index contributed by atoms with van der Waals surface area (Å²) in [5.41, 5.74) is 1.78. The number of methoxy groups -OCH3 is 1. The fourth-order valence-electron chi connectivity index (χ4n) is 4.32. The van der Waals surface area contributed by atoms with E-state index >= 15 is 0 Å². The zero-order valence-electron chi connectivity index (χ0n) is 20.1. The molecule has 1 saturated carbocycles. The van der Waals surface area contributed by atoms with Crippen LogP contribution in [0.4, 0.5) is 4.39 Å². The van der Waals surface area contributed by atoms with Crippen molar-refractivity contribution < 1.29 is 33.3 Å². The summed E-state index contributed by atoms with van der Waals surface area (Å²) in [5, 5.41) is 9.17. The van der Waals surface area contributed by atoms with Crippen molar-refractivity contribution in [3.63, 3.8) is 0 Å². The van der Waals surface area contributed by atoms with Crippen molar-refractivity contribution in [3.05, 3.63) is 95.3 Å². The van der Waals surface area contributed by atoms with E-state index in [1.54, 1.807) is 24.3 Å². The van der Waals surface area contributed by atoms with E-state index in [-0.39, 0.29) is 30.2 Å². The monoisotopic (exact) mass is 492 g/mol. The Morgan fingerprint density at radius 2 is 1.31 bits per heavy atom. The molecule has 0 aromatic heterocycles. The summed E-state index contributed by atoms with van der Waals surface area (Å²) in [7, 11) is 1.39. The van der Waals surface area contributed by atoms with Gasteiger partial charge in [-0.15, -0.1) is 0 Å². The first kappa shape index (κ1) is 25.4. The molecular formula is C29H29FO6. The number of aliphatic carboxylic acids is 1. The van der Waals surface area contributed by atoms with Crippen molar-refractivity contribution in [3.8, 4) is 11.5 Å². The first-order valence-corrected chi connectivity index (χ1v) is 12.0. The number of rotatable bonds is 10. The number of ether oxygens (including phenoxy) is 3. The van der Waals surface area contributed by atoms with E-state index in [0.717, 1.165) is 31.2 Å². The molecule has 3 aromatic rings. The molecule has 7 heteroatoms. The molecular weight excluding hydrogens is 463 g/mol. The average molecular weight is 493 g/mol. The first-order valence-electron chi connectivity index (χ1n) is 12.0. The Morgan fingerprint density at radius 1 is 0.833 bits per heavy atom. The standard InChI is InChI=1S/C29H29FO6/c1-34-27(29(32)33)18-19-6-14-23(15-7-19)35-25-4-2-3-5-26(25)36-24-16-10-21(11-17-24)28(31)20-8-12-22(30)13-9-20/h6-17,25-27H,2-5,18H2,1H3,(H,32,33). The van der Waals surface area contributed by atoms with E-state index in [0.29, 0.717) is 22.6 Å². The molecule has 0 amide bonds. The Balaban J connectivity index is 1.37. The number of halogens is 1. The van der Waals surface area contributed by atoms with Gasteiger partial charge in [0.1, 0.15) is 29.5 Å². The predicted octanol–water partition coefficient (Wildman–Crippen LogP) is 5.47. The Bertz CT molecular complexity index is 1160. The van der Waals surface area contributed by atoms with Gasteiger partial charge in [-0.2, -0.15) is 0 Å². The van der Waals surface area contributed by atoms with Crippen LogP contribution in [0, 0.1) is 5.82 Å². The van der Waals surface area contributed by atoms with Gasteiger partial charge in [0.05, 0.1) is 0 Å². The SMILES string of the molecule is COC(Cc1ccc(OC2CCCCC2Oc2ccc(C(=O)c3ccc(F)cc3)cc2)cc1)C(=O)O. The van der Waals surface area contributed by atoms with Crippen LogP contribution in [0.2, 0.25) is 0 Å². The second kappa shape index (κ2) is 11.8. The number of carbonyl (C=O) groups is 2. The molecule has 3 unspecified atom stereocenters. The van der Waals surface area contributed by atoms with Gasteiger partial charge >= 0.3 is 5.97 Å². The van der Waals surface area contributed by atoms with E-state index < -0.39 is 12.1 Å². The average Bonchev–Trinajstić information content (AvgIpc) is 2.89. The molecule has 3 atom stereocenters. The lowest BCUT2D eigenvalue weighted by molar-refractivity contribution is -0.148. The summed E-state index contributed by atoms with van der Waals surface area (Å²) in [5.74, 6) is -0.199. The minimum Gasteiger partial charge on any atom is -0.487 e. The largest absolute Gasteiger partial charge is 0.487 e. The topological polar surface area (TPSA) is 82.1 Å². The zero-order chi connectivity index (χ0) is 25.5. The maximum atomic E-state index is 13.1. The summed E-state index contributed by atoms with van der Waals surface area (Å²) < 4.78 is 30.6. The zero-order valence-corrected chi connectivity index (χ0v) is 20.1. The first-order chi connectivity index (χ1) is 17.4. The second-order valence-electron chi connectivity index (χ2n) is 8.87. The Kier molecular flexibility index (Phi) is 8.33. The van der Waals surface area contributed by atoms with Crippen LogP contribution in [0.1, 0.15) is 47.2 Å². The molecule has 1 N–H and O–H groups in total. The number of hydrogen-bond donors (Lipinski definition) is 1. The van der Waals surface area contributed by atoms with Gasteiger partial charge in [-0.1, -0.05) is 12.1 Å². The lowest BCUT2D eigenvalue weighted by atomic mass is 9.94. The third-order valence-corrected chi connectivity index (χ3v) is 6.34. The van der Waals surface area contributed by atoms with Crippen LogP contribution >= 0.6 is 0 Å². The molecule has 0 heterocycles. The third kappa shape index (κ3) is 6.49. The highest BCUT2D eigenvalue weighted by Crippen LogP contribution is 2.28. The number of hydrogen-bond acceptors (Lipinski definition) is 5. The molecule has 1 aliphatic carbocycles. The maximum absolute atomic E-state index is 13.1. The van der Waals surface area contributed by atoms with E-state index in [1.807, 2.05) is 24.3 Å². The number of benzene rings is 3. The molecule has 4 rings (SSSR count). The lowest BCUT2D eigenvalue weighted by Crippen LogP contribution is -2.39. The van der Waals surface area contributed by atoms with Crippen LogP contribution < -0.4 is 9.47 Å². The van der Waals surface area contributed by atoms with Crippen molar-refractivity contribution in [1.29, 1.82) is 0 Å². The molecule has 0 aliphatic heterocycles. The quantitative estimate of drug-likeness (QED) is 0.378. The number of carboxylic acid groups (broad SMARTS) is 1. The molecule has 1 aliphatic rings. The van der Waals surface area contributed by atoms with Gasteiger partial charge in [-0.25, -0.2) is 9.18 Å². The second-order valence-corrected chi connectivity index (χ2v) is 8.87. The van der Waals surface area contributed by atoms with Crippen LogP contribution in [0.25, 0.3) is 0 Å². The fourth-order valence-corrected chi connectivity index (χ4v) is 4.32. The van der Waals surface area contributed by atoms with E-state index in [4.69, 9.17) is 19.3 Å². The Hall–Kier alpha value is -3.71. The summed E-state index contributed by atoms with van der Waals surface area (Å²) in [6.07, 6.45) is 2.93. The molecule has 36 heavy (non-hydrogen) atoms. The highest BCUT2D eigenvalue weighted by molar-refractivity contribution is 6.09. The Morgan fingerprint density at radius 3 is 1.78 bits per heavy atom. The minimum atomic E-state index is -0.993. The highest BCUT2D eigenvalue weighted by atomic mass is 19.1. The molecule has 0 saturated heterocycles. The highest BCUT2D eigenvalue weighted by Gasteiger charge is 2.29. The van der Waals surface area contributed by atoms with Crippen LogP contribution in [0.5, 0.6) is 11.5 Å². The van der Waals surface area contributed by atoms with Crippen molar-refractivity contribution >= 4 is 11.8 Å². The summed E-state index contributed by atoms with van der Waals surface area (Å²) >= 11 is 0. The van der Waals surface area contributed by atoms with Crippen LogP contribution in [0.15, 0.2) is 72.8 Å². The predicted molar refractivity (Wildman–Crippen MR) is 132 cm³/mol. The van der Waals surface area contributed by atoms with Crippen molar-refractivity contribution in [2.45, 2.75) is 50.4 Å². The molecule has 1 fully saturated rings. The van der Waals surface area contributed by atoms with Crippen LogP contribution in [0.3, 0.4) is 0 Å². The Labute approximate surface area is 209 Å². The number of carboxylic acids is 1. The number of carbonyl (C=O) groups excluding carboxylic acids is 1. The maximum Gasteiger partial charge on any atom is 0.333 e. The summed E-state index contributed by atoms with van der Waals surface area (Å²) in [4.78, 5) is 23.8. The summed E-state index contributed by atoms with van der Waals surface area (Å²) in [6, 6.07) is 19.8. The van der Waals surface area contributed by atoms with Gasteiger partial charge in [-0.05, 0) is 91.9 Å². The normalized spacial score (nSPS) is 18.3. The van der Waals surface area contributed by atoms with Crippen molar-refractivity contribution in [2.75, 3.05) is 7.11 Å². The van der Waals surface area contributed by atoms with Gasteiger partial charge in [0.2, 0.25) is 0 Å². The fraction of sp³-hybridized carbons (Fsp3) is 0.310. The van der Waals surface area contributed by atoms with Crippen LogP contribution in [-0.2, 0) is 16.0 Å². The van der Waals surface area contributed by atoms with Gasteiger partial charge in [0, 0.05) is 24.7 Å².